The summed E-state index contributed by atoms with van der Waals surface area (Å²) in [5, 5.41) is 8.56. The van der Waals surface area contributed by atoms with Gasteiger partial charge in [-0.3, -0.25) is 0 Å². The first kappa shape index (κ1) is 14.8. The van der Waals surface area contributed by atoms with Gasteiger partial charge in [-0.15, -0.1) is 0 Å². The van der Waals surface area contributed by atoms with Crippen LogP contribution in [0.25, 0.3) is 0 Å². The first-order chi connectivity index (χ1) is 8.26. The van der Waals surface area contributed by atoms with Crippen molar-refractivity contribution in [3.8, 4) is 6.07 Å². The second-order valence-electron chi connectivity index (χ2n) is 5.90. The van der Waals surface area contributed by atoms with Crippen molar-refractivity contribution in [2.45, 2.75) is 51.7 Å². The lowest BCUT2D eigenvalue weighted by Crippen LogP contribution is -2.51. The number of hydrogen-bond acceptors (Lipinski definition) is 4. The molecule has 1 atom stereocenters. The highest BCUT2D eigenvalue weighted by molar-refractivity contribution is 5.68. The minimum atomic E-state index is -0.488. The quantitative estimate of drug-likeness (QED) is 0.758. The Morgan fingerprint density at radius 3 is 2.72 bits per heavy atom. The Bertz CT molecular complexity index is 343. The van der Waals surface area contributed by atoms with Gasteiger partial charge >= 0.3 is 6.09 Å². The highest BCUT2D eigenvalue weighted by Gasteiger charge is 2.35. The zero-order valence-corrected chi connectivity index (χ0v) is 11.7. The van der Waals surface area contributed by atoms with E-state index in [1.54, 1.807) is 4.90 Å². The molecule has 1 amide bonds. The van der Waals surface area contributed by atoms with E-state index in [0.29, 0.717) is 13.1 Å². The molecule has 0 aromatic carbocycles. The van der Waals surface area contributed by atoms with Gasteiger partial charge < -0.3 is 14.4 Å². The van der Waals surface area contributed by atoms with Crippen LogP contribution in [0.15, 0.2) is 0 Å². The number of amides is 1. The van der Waals surface area contributed by atoms with Gasteiger partial charge in [-0.05, 0) is 40.5 Å². The van der Waals surface area contributed by atoms with Gasteiger partial charge in [-0.1, -0.05) is 0 Å². The van der Waals surface area contributed by atoms with E-state index in [1.165, 1.54) is 0 Å². The number of carbonyl (C=O) groups is 1. The first-order valence-electron chi connectivity index (χ1n) is 6.25. The van der Waals surface area contributed by atoms with Gasteiger partial charge in [0.25, 0.3) is 0 Å². The summed E-state index contributed by atoms with van der Waals surface area (Å²) < 4.78 is 10.9. The van der Waals surface area contributed by atoms with Gasteiger partial charge in [-0.2, -0.15) is 5.26 Å². The molecule has 0 aromatic rings. The van der Waals surface area contributed by atoms with Crippen molar-refractivity contribution in [2.75, 3.05) is 19.7 Å². The molecule has 1 rings (SSSR count). The number of likely N-dealkylation sites (tertiary alicyclic amines) is 1. The molecule has 0 aromatic heterocycles. The average Bonchev–Trinajstić information content (AvgIpc) is 2.24. The number of hydrogen-bond donors (Lipinski definition) is 0. The monoisotopic (exact) mass is 254 g/mol. The highest BCUT2D eigenvalue weighted by Crippen LogP contribution is 2.25. The minimum Gasteiger partial charge on any atom is -0.444 e. The molecule has 0 saturated carbocycles. The standard InChI is InChI=1S/C13H22N2O3/c1-12(2,3)18-11(16)15-8-5-6-13(4,10-15)17-9-7-14/h5-6,8-10H2,1-4H3. The lowest BCUT2D eigenvalue weighted by molar-refractivity contribution is -0.0687. The maximum Gasteiger partial charge on any atom is 0.410 e. The second kappa shape index (κ2) is 5.57. The van der Waals surface area contributed by atoms with Gasteiger partial charge in [0.05, 0.1) is 18.2 Å². The average molecular weight is 254 g/mol. The van der Waals surface area contributed by atoms with Crippen LogP contribution >= 0.6 is 0 Å². The fourth-order valence-corrected chi connectivity index (χ4v) is 2.01. The number of nitriles is 1. The zero-order valence-electron chi connectivity index (χ0n) is 11.7. The van der Waals surface area contributed by atoms with Crippen LogP contribution in [0.2, 0.25) is 0 Å². The summed E-state index contributed by atoms with van der Waals surface area (Å²) >= 11 is 0. The maximum atomic E-state index is 12.0. The molecule has 1 unspecified atom stereocenters. The Balaban J connectivity index is 2.58. The van der Waals surface area contributed by atoms with Gasteiger partial charge in [0.1, 0.15) is 12.2 Å². The van der Waals surface area contributed by atoms with E-state index in [0.717, 1.165) is 12.8 Å². The molecule has 102 valence electrons. The van der Waals surface area contributed by atoms with E-state index in [2.05, 4.69) is 0 Å². The van der Waals surface area contributed by atoms with Gasteiger partial charge in [0.15, 0.2) is 0 Å². The Kier molecular flexibility index (Phi) is 4.58. The summed E-state index contributed by atoms with van der Waals surface area (Å²) in [5.41, 5.74) is -0.927. The zero-order chi connectivity index (χ0) is 13.8. The summed E-state index contributed by atoms with van der Waals surface area (Å²) in [4.78, 5) is 13.6. The van der Waals surface area contributed by atoms with Gasteiger partial charge in [0, 0.05) is 6.54 Å². The van der Waals surface area contributed by atoms with Crippen LogP contribution in [0.5, 0.6) is 0 Å². The number of nitrogens with zero attached hydrogens (tertiary/aromatic N) is 2. The largest absolute Gasteiger partial charge is 0.444 e. The predicted molar refractivity (Wildman–Crippen MR) is 67.0 cm³/mol. The van der Waals surface area contributed by atoms with Crippen LogP contribution in [-0.4, -0.2) is 41.9 Å². The Labute approximate surface area is 109 Å². The lowest BCUT2D eigenvalue weighted by atomic mass is 9.95. The molecule has 0 bridgehead atoms. The van der Waals surface area contributed by atoms with Crippen LogP contribution in [0.1, 0.15) is 40.5 Å². The summed E-state index contributed by atoms with van der Waals surface area (Å²) in [6.45, 7) is 8.68. The van der Waals surface area contributed by atoms with E-state index in [-0.39, 0.29) is 12.7 Å². The molecule has 0 N–H and O–H groups in total. The summed E-state index contributed by atoms with van der Waals surface area (Å²) in [6.07, 6.45) is 1.41. The Morgan fingerprint density at radius 1 is 1.50 bits per heavy atom. The van der Waals surface area contributed by atoms with Crippen molar-refractivity contribution in [2.24, 2.45) is 0 Å². The number of piperidine rings is 1. The summed E-state index contributed by atoms with van der Waals surface area (Å²) in [6, 6.07) is 1.97. The van der Waals surface area contributed by atoms with Crippen molar-refractivity contribution in [1.29, 1.82) is 5.26 Å². The molecule has 5 heteroatoms. The Morgan fingerprint density at radius 2 is 2.17 bits per heavy atom. The molecular weight excluding hydrogens is 232 g/mol. The fourth-order valence-electron chi connectivity index (χ4n) is 2.01. The van der Waals surface area contributed by atoms with Crippen molar-refractivity contribution in [3.05, 3.63) is 0 Å². The van der Waals surface area contributed by atoms with Crippen molar-refractivity contribution >= 4 is 6.09 Å². The molecule has 0 spiro atoms. The Hall–Kier alpha value is -1.28. The van der Waals surface area contributed by atoms with Crippen molar-refractivity contribution in [3.63, 3.8) is 0 Å². The highest BCUT2D eigenvalue weighted by atomic mass is 16.6. The van der Waals surface area contributed by atoms with Crippen LogP contribution < -0.4 is 0 Å². The topological polar surface area (TPSA) is 62.6 Å². The van der Waals surface area contributed by atoms with E-state index < -0.39 is 11.2 Å². The van der Waals surface area contributed by atoms with Crippen LogP contribution in [0.4, 0.5) is 4.79 Å². The predicted octanol–water partition coefficient (Wildman–Crippen LogP) is 2.32. The van der Waals surface area contributed by atoms with E-state index in [9.17, 15) is 4.79 Å². The van der Waals surface area contributed by atoms with Gasteiger partial charge in [-0.25, -0.2) is 4.79 Å². The third-order valence-electron chi connectivity index (χ3n) is 2.80. The van der Waals surface area contributed by atoms with Gasteiger partial charge in [0.2, 0.25) is 0 Å². The van der Waals surface area contributed by atoms with Crippen molar-refractivity contribution in [1.82, 2.24) is 4.90 Å². The maximum absolute atomic E-state index is 12.0. The smallest absolute Gasteiger partial charge is 0.410 e. The van der Waals surface area contributed by atoms with E-state index in [4.69, 9.17) is 14.7 Å². The van der Waals surface area contributed by atoms with Crippen LogP contribution in [-0.2, 0) is 9.47 Å². The van der Waals surface area contributed by atoms with Crippen molar-refractivity contribution < 1.29 is 14.3 Å². The lowest BCUT2D eigenvalue weighted by Gasteiger charge is -2.40. The number of ether oxygens (including phenoxy) is 2. The number of carbonyl (C=O) groups excluding carboxylic acids is 1. The minimum absolute atomic E-state index is 0.0542. The first-order valence-corrected chi connectivity index (χ1v) is 6.25. The molecule has 5 nitrogen and oxygen atoms in total. The summed E-state index contributed by atoms with van der Waals surface area (Å²) in [7, 11) is 0. The molecule has 1 saturated heterocycles. The third-order valence-corrected chi connectivity index (χ3v) is 2.80. The fraction of sp³-hybridized carbons (Fsp3) is 0.846. The van der Waals surface area contributed by atoms with E-state index >= 15 is 0 Å². The SMILES string of the molecule is CC(C)(C)OC(=O)N1CCCC(C)(OCC#N)C1. The summed E-state index contributed by atoms with van der Waals surface area (Å²) in [5.74, 6) is 0. The number of rotatable bonds is 2. The molecule has 0 radical (unpaired) electrons. The third kappa shape index (κ3) is 4.53. The molecule has 1 aliphatic heterocycles. The van der Waals surface area contributed by atoms with E-state index in [1.807, 2.05) is 33.8 Å². The van der Waals surface area contributed by atoms with Crippen LogP contribution in [0, 0.1) is 11.3 Å². The molecule has 0 aliphatic carbocycles. The van der Waals surface area contributed by atoms with Crippen LogP contribution in [0.3, 0.4) is 0 Å². The molecule has 1 fully saturated rings. The molecular formula is C13H22N2O3. The molecule has 1 heterocycles. The molecule has 18 heavy (non-hydrogen) atoms. The second-order valence-corrected chi connectivity index (χ2v) is 5.90. The normalized spacial score (nSPS) is 24.5. The molecule has 1 aliphatic rings.